The SMILES string of the molecule is CC(CCN(C)CCc1cc[nH]c1)C(=O)O. The van der Waals surface area contributed by atoms with E-state index in [1.165, 1.54) is 5.56 Å². The van der Waals surface area contributed by atoms with Gasteiger partial charge in [0.25, 0.3) is 0 Å². The van der Waals surface area contributed by atoms with E-state index in [9.17, 15) is 4.79 Å². The minimum Gasteiger partial charge on any atom is -0.481 e. The van der Waals surface area contributed by atoms with Crippen molar-refractivity contribution in [2.24, 2.45) is 5.92 Å². The van der Waals surface area contributed by atoms with E-state index in [4.69, 9.17) is 5.11 Å². The predicted octanol–water partition coefficient (Wildman–Crippen LogP) is 1.60. The molecular weight excluding hydrogens is 204 g/mol. The lowest BCUT2D eigenvalue weighted by atomic mass is 10.1. The van der Waals surface area contributed by atoms with Crippen molar-refractivity contribution in [1.29, 1.82) is 0 Å². The molecule has 1 aromatic heterocycles. The van der Waals surface area contributed by atoms with Crippen LogP contribution < -0.4 is 0 Å². The van der Waals surface area contributed by atoms with E-state index in [-0.39, 0.29) is 5.92 Å². The Hall–Kier alpha value is -1.29. The molecular formula is C12H20N2O2. The molecule has 1 rings (SSSR count). The van der Waals surface area contributed by atoms with Crippen LogP contribution in [0.5, 0.6) is 0 Å². The fourth-order valence-corrected chi connectivity index (χ4v) is 1.48. The molecule has 4 heteroatoms. The van der Waals surface area contributed by atoms with Gasteiger partial charge in [-0.25, -0.2) is 0 Å². The number of carboxylic acids is 1. The van der Waals surface area contributed by atoms with E-state index in [1.807, 2.05) is 19.4 Å². The number of hydrogen-bond donors (Lipinski definition) is 2. The average Bonchev–Trinajstić information content (AvgIpc) is 2.75. The van der Waals surface area contributed by atoms with E-state index in [1.54, 1.807) is 6.92 Å². The number of carboxylic acid groups (broad SMARTS) is 1. The molecule has 0 aliphatic heterocycles. The van der Waals surface area contributed by atoms with Crippen molar-refractivity contribution in [3.05, 3.63) is 24.0 Å². The number of H-pyrrole nitrogens is 1. The minimum atomic E-state index is -0.709. The Bertz CT molecular complexity index is 309. The monoisotopic (exact) mass is 224 g/mol. The maximum Gasteiger partial charge on any atom is 0.306 e. The lowest BCUT2D eigenvalue weighted by molar-refractivity contribution is -0.141. The second-order valence-corrected chi connectivity index (χ2v) is 4.30. The molecule has 0 aliphatic carbocycles. The van der Waals surface area contributed by atoms with Crippen LogP contribution in [-0.2, 0) is 11.2 Å². The molecule has 90 valence electrons. The van der Waals surface area contributed by atoms with Crippen LogP contribution in [0.15, 0.2) is 18.5 Å². The predicted molar refractivity (Wildman–Crippen MR) is 63.4 cm³/mol. The third-order valence-corrected chi connectivity index (χ3v) is 2.81. The van der Waals surface area contributed by atoms with E-state index in [0.29, 0.717) is 6.42 Å². The van der Waals surface area contributed by atoms with E-state index in [0.717, 1.165) is 19.5 Å². The zero-order valence-corrected chi connectivity index (χ0v) is 9.94. The van der Waals surface area contributed by atoms with Gasteiger partial charge in [-0.3, -0.25) is 4.79 Å². The standard InChI is InChI=1S/C12H20N2O2/c1-10(12(15)16)4-7-14(2)8-5-11-3-6-13-9-11/h3,6,9-10,13H,4-5,7-8H2,1-2H3,(H,15,16). The molecule has 1 heterocycles. The highest BCUT2D eigenvalue weighted by atomic mass is 16.4. The zero-order chi connectivity index (χ0) is 12.0. The van der Waals surface area contributed by atoms with Gasteiger partial charge in [-0.15, -0.1) is 0 Å². The summed E-state index contributed by atoms with van der Waals surface area (Å²) >= 11 is 0. The highest BCUT2D eigenvalue weighted by Crippen LogP contribution is 2.04. The van der Waals surface area contributed by atoms with Gasteiger partial charge in [0.2, 0.25) is 0 Å². The average molecular weight is 224 g/mol. The van der Waals surface area contributed by atoms with Crippen LogP contribution in [0.2, 0.25) is 0 Å². The molecule has 2 N–H and O–H groups in total. The van der Waals surface area contributed by atoms with Crippen LogP contribution in [-0.4, -0.2) is 41.1 Å². The summed E-state index contributed by atoms with van der Waals surface area (Å²) in [4.78, 5) is 15.8. The number of carbonyl (C=O) groups is 1. The van der Waals surface area contributed by atoms with Gasteiger partial charge in [-0.1, -0.05) is 6.92 Å². The molecule has 0 aliphatic rings. The summed E-state index contributed by atoms with van der Waals surface area (Å²) in [5.41, 5.74) is 1.29. The third kappa shape index (κ3) is 4.49. The normalized spacial score (nSPS) is 12.9. The lowest BCUT2D eigenvalue weighted by Gasteiger charge is -2.17. The minimum absolute atomic E-state index is 0.255. The first-order chi connectivity index (χ1) is 7.59. The fourth-order valence-electron chi connectivity index (χ4n) is 1.48. The third-order valence-electron chi connectivity index (χ3n) is 2.81. The fraction of sp³-hybridized carbons (Fsp3) is 0.583. The van der Waals surface area contributed by atoms with Crippen LogP contribution in [0.1, 0.15) is 18.9 Å². The van der Waals surface area contributed by atoms with Crippen molar-refractivity contribution in [2.45, 2.75) is 19.8 Å². The summed E-state index contributed by atoms with van der Waals surface area (Å²) in [5.74, 6) is -0.964. The second-order valence-electron chi connectivity index (χ2n) is 4.30. The zero-order valence-electron chi connectivity index (χ0n) is 9.94. The number of likely N-dealkylation sites (N-methyl/N-ethyl adjacent to an activating group) is 1. The topological polar surface area (TPSA) is 56.3 Å². The largest absolute Gasteiger partial charge is 0.481 e. The molecule has 0 saturated carbocycles. The van der Waals surface area contributed by atoms with Gasteiger partial charge in [0.15, 0.2) is 0 Å². The maximum atomic E-state index is 10.6. The molecule has 1 atom stereocenters. The van der Waals surface area contributed by atoms with Crippen molar-refractivity contribution in [3.63, 3.8) is 0 Å². The van der Waals surface area contributed by atoms with Crippen molar-refractivity contribution < 1.29 is 9.90 Å². The van der Waals surface area contributed by atoms with Crippen molar-refractivity contribution >= 4 is 5.97 Å². The molecule has 0 aromatic carbocycles. The highest BCUT2D eigenvalue weighted by molar-refractivity contribution is 5.69. The number of nitrogens with zero attached hydrogens (tertiary/aromatic N) is 1. The van der Waals surface area contributed by atoms with Crippen molar-refractivity contribution in [1.82, 2.24) is 9.88 Å². The molecule has 0 fully saturated rings. The van der Waals surface area contributed by atoms with E-state index >= 15 is 0 Å². The van der Waals surface area contributed by atoms with Gasteiger partial charge in [0.05, 0.1) is 5.92 Å². The van der Waals surface area contributed by atoms with Gasteiger partial charge >= 0.3 is 5.97 Å². The summed E-state index contributed by atoms with van der Waals surface area (Å²) in [6.07, 6.45) is 5.62. The Labute approximate surface area is 96.3 Å². The van der Waals surface area contributed by atoms with Crippen LogP contribution in [0.4, 0.5) is 0 Å². The van der Waals surface area contributed by atoms with Crippen LogP contribution in [0, 0.1) is 5.92 Å². The van der Waals surface area contributed by atoms with Crippen molar-refractivity contribution in [3.8, 4) is 0 Å². The van der Waals surface area contributed by atoms with Gasteiger partial charge < -0.3 is 15.0 Å². The van der Waals surface area contributed by atoms with Gasteiger partial charge in [-0.2, -0.15) is 0 Å². The summed E-state index contributed by atoms with van der Waals surface area (Å²) in [7, 11) is 2.03. The summed E-state index contributed by atoms with van der Waals surface area (Å²) in [6.45, 7) is 3.55. The number of nitrogens with one attached hydrogen (secondary N) is 1. The van der Waals surface area contributed by atoms with Crippen molar-refractivity contribution in [2.75, 3.05) is 20.1 Å². The van der Waals surface area contributed by atoms with Gasteiger partial charge in [-0.05, 0) is 38.1 Å². The molecule has 0 spiro atoms. The Morgan fingerprint density at radius 2 is 2.31 bits per heavy atom. The highest BCUT2D eigenvalue weighted by Gasteiger charge is 2.11. The van der Waals surface area contributed by atoms with E-state index < -0.39 is 5.97 Å². The van der Waals surface area contributed by atoms with Crippen LogP contribution >= 0.6 is 0 Å². The Morgan fingerprint density at radius 1 is 1.56 bits per heavy atom. The molecule has 0 radical (unpaired) electrons. The number of aromatic amines is 1. The second kappa shape index (κ2) is 6.33. The van der Waals surface area contributed by atoms with Crippen LogP contribution in [0.3, 0.4) is 0 Å². The molecule has 0 amide bonds. The molecule has 0 bridgehead atoms. The first-order valence-electron chi connectivity index (χ1n) is 5.62. The Morgan fingerprint density at radius 3 is 2.88 bits per heavy atom. The van der Waals surface area contributed by atoms with Gasteiger partial charge in [0, 0.05) is 18.9 Å². The lowest BCUT2D eigenvalue weighted by Crippen LogP contribution is -2.25. The molecule has 1 aromatic rings. The molecule has 0 saturated heterocycles. The smallest absolute Gasteiger partial charge is 0.306 e. The number of aromatic nitrogens is 1. The first-order valence-corrected chi connectivity index (χ1v) is 5.62. The number of aliphatic carboxylic acids is 1. The summed E-state index contributed by atoms with van der Waals surface area (Å²) < 4.78 is 0. The molecule has 1 unspecified atom stereocenters. The van der Waals surface area contributed by atoms with E-state index in [2.05, 4.69) is 16.0 Å². The maximum absolute atomic E-state index is 10.6. The quantitative estimate of drug-likeness (QED) is 0.739. The van der Waals surface area contributed by atoms with Crippen LogP contribution in [0.25, 0.3) is 0 Å². The molecule has 16 heavy (non-hydrogen) atoms. The number of rotatable bonds is 7. The Balaban J connectivity index is 2.16. The summed E-state index contributed by atoms with van der Waals surface area (Å²) in [6, 6.07) is 2.06. The first kappa shape index (κ1) is 12.8. The molecule has 4 nitrogen and oxygen atoms in total. The number of hydrogen-bond acceptors (Lipinski definition) is 2. The Kier molecular flexibility index (Phi) is 5.05. The summed E-state index contributed by atoms with van der Waals surface area (Å²) in [5, 5.41) is 8.75. The van der Waals surface area contributed by atoms with Gasteiger partial charge in [0.1, 0.15) is 0 Å².